The molecule has 0 aromatic heterocycles. The van der Waals surface area contributed by atoms with Gasteiger partial charge in [-0.3, -0.25) is 4.90 Å². The molecule has 1 N–H and O–H groups in total. The van der Waals surface area contributed by atoms with E-state index in [2.05, 4.69) is 44.8 Å². The average Bonchev–Trinajstić information content (AvgIpc) is 2.44. The van der Waals surface area contributed by atoms with Crippen LogP contribution in [0.3, 0.4) is 0 Å². The van der Waals surface area contributed by atoms with Gasteiger partial charge in [-0.1, -0.05) is 40.5 Å². The van der Waals surface area contributed by atoms with Crippen LogP contribution >= 0.6 is 0 Å². The van der Waals surface area contributed by atoms with Gasteiger partial charge in [-0.25, -0.2) is 0 Å². The molecule has 2 heteroatoms. The molecular weight excluding hydrogens is 244 g/mol. The quantitative estimate of drug-likeness (QED) is 0.840. The molecule has 0 amide bonds. The van der Waals surface area contributed by atoms with E-state index in [1.54, 1.807) is 0 Å². The predicted octanol–water partition coefficient (Wildman–Crippen LogP) is 3.91. The molecule has 0 radical (unpaired) electrons. The first-order valence-corrected chi connectivity index (χ1v) is 9.05. The van der Waals surface area contributed by atoms with Gasteiger partial charge < -0.3 is 5.32 Å². The molecule has 20 heavy (non-hydrogen) atoms. The molecule has 1 aliphatic heterocycles. The second kappa shape index (κ2) is 7.26. The summed E-state index contributed by atoms with van der Waals surface area (Å²) in [6.07, 6.45) is 7.13. The van der Waals surface area contributed by atoms with Crippen molar-refractivity contribution >= 4 is 0 Å². The van der Waals surface area contributed by atoms with Gasteiger partial charge in [0.25, 0.3) is 0 Å². The van der Waals surface area contributed by atoms with Gasteiger partial charge in [-0.15, -0.1) is 0 Å². The SMILES string of the molecule is CCNC1CCN(C2CCCCC2C(C)C)C(C)C1C. The second-order valence-electron chi connectivity index (χ2n) is 7.55. The van der Waals surface area contributed by atoms with E-state index in [0.717, 1.165) is 42.4 Å². The molecule has 5 atom stereocenters. The van der Waals surface area contributed by atoms with E-state index in [0.29, 0.717) is 0 Å². The number of piperidine rings is 1. The van der Waals surface area contributed by atoms with Gasteiger partial charge >= 0.3 is 0 Å². The number of hydrogen-bond donors (Lipinski definition) is 1. The van der Waals surface area contributed by atoms with Gasteiger partial charge in [-0.05, 0) is 50.5 Å². The predicted molar refractivity (Wildman–Crippen MR) is 88.0 cm³/mol. The Morgan fingerprint density at radius 1 is 1.10 bits per heavy atom. The van der Waals surface area contributed by atoms with Crippen LogP contribution in [0, 0.1) is 17.8 Å². The second-order valence-corrected chi connectivity index (χ2v) is 7.55. The molecule has 2 rings (SSSR count). The zero-order valence-electron chi connectivity index (χ0n) is 14.4. The molecule has 1 saturated heterocycles. The normalized spacial score (nSPS) is 40.2. The summed E-state index contributed by atoms with van der Waals surface area (Å²) in [7, 11) is 0. The van der Waals surface area contributed by atoms with Crippen LogP contribution in [-0.2, 0) is 0 Å². The summed E-state index contributed by atoms with van der Waals surface area (Å²) in [5.41, 5.74) is 0. The third-order valence-electron chi connectivity index (χ3n) is 6.15. The fourth-order valence-electron chi connectivity index (χ4n) is 4.74. The number of nitrogens with one attached hydrogen (secondary N) is 1. The minimum absolute atomic E-state index is 0.729. The monoisotopic (exact) mass is 280 g/mol. The average molecular weight is 280 g/mol. The van der Waals surface area contributed by atoms with Crippen molar-refractivity contribution in [3.05, 3.63) is 0 Å². The number of likely N-dealkylation sites (tertiary alicyclic amines) is 1. The van der Waals surface area contributed by atoms with Crippen LogP contribution in [0.1, 0.15) is 66.7 Å². The van der Waals surface area contributed by atoms with Crippen LogP contribution in [0.4, 0.5) is 0 Å². The first-order chi connectivity index (χ1) is 9.56. The van der Waals surface area contributed by atoms with E-state index >= 15 is 0 Å². The highest BCUT2D eigenvalue weighted by atomic mass is 15.2. The lowest BCUT2D eigenvalue weighted by Crippen LogP contribution is -2.58. The number of hydrogen-bond acceptors (Lipinski definition) is 2. The summed E-state index contributed by atoms with van der Waals surface area (Å²) in [4.78, 5) is 2.88. The molecule has 1 saturated carbocycles. The zero-order valence-corrected chi connectivity index (χ0v) is 14.4. The van der Waals surface area contributed by atoms with Gasteiger partial charge in [0.15, 0.2) is 0 Å². The number of rotatable bonds is 4. The minimum Gasteiger partial charge on any atom is -0.314 e. The van der Waals surface area contributed by atoms with Gasteiger partial charge in [0.2, 0.25) is 0 Å². The van der Waals surface area contributed by atoms with Gasteiger partial charge in [-0.2, -0.15) is 0 Å². The Bertz CT molecular complexity index is 289. The van der Waals surface area contributed by atoms with Gasteiger partial charge in [0.05, 0.1) is 0 Å². The van der Waals surface area contributed by atoms with E-state index < -0.39 is 0 Å². The van der Waals surface area contributed by atoms with Crippen molar-refractivity contribution in [1.82, 2.24) is 10.2 Å². The van der Waals surface area contributed by atoms with Crippen LogP contribution in [0.2, 0.25) is 0 Å². The molecule has 0 bridgehead atoms. The Balaban J connectivity index is 2.04. The summed E-state index contributed by atoms with van der Waals surface area (Å²) >= 11 is 0. The maximum atomic E-state index is 3.70. The molecule has 2 nitrogen and oxygen atoms in total. The standard InChI is InChI=1S/C18H36N2/c1-6-19-17-11-12-20(15(5)14(17)4)18-10-8-7-9-16(18)13(2)3/h13-19H,6-12H2,1-5H3. The molecule has 5 unspecified atom stereocenters. The molecule has 0 spiro atoms. The minimum atomic E-state index is 0.729. The van der Waals surface area contributed by atoms with Crippen LogP contribution < -0.4 is 5.32 Å². The lowest BCUT2D eigenvalue weighted by Gasteiger charge is -2.50. The van der Waals surface area contributed by atoms with Crippen molar-refractivity contribution in [2.45, 2.75) is 84.8 Å². The van der Waals surface area contributed by atoms with Gasteiger partial charge in [0, 0.05) is 24.7 Å². The molecule has 1 aliphatic carbocycles. The summed E-state index contributed by atoms with van der Waals surface area (Å²) in [6, 6.07) is 2.31. The van der Waals surface area contributed by atoms with Crippen LogP contribution in [0.25, 0.3) is 0 Å². The van der Waals surface area contributed by atoms with Gasteiger partial charge in [0.1, 0.15) is 0 Å². The molecule has 2 fully saturated rings. The van der Waals surface area contributed by atoms with E-state index in [9.17, 15) is 0 Å². The zero-order chi connectivity index (χ0) is 14.7. The molecule has 118 valence electrons. The van der Waals surface area contributed by atoms with E-state index in [1.165, 1.54) is 38.6 Å². The molecular formula is C18H36N2. The van der Waals surface area contributed by atoms with Crippen LogP contribution in [0.15, 0.2) is 0 Å². The third kappa shape index (κ3) is 3.39. The molecule has 0 aromatic carbocycles. The van der Waals surface area contributed by atoms with Crippen molar-refractivity contribution in [2.75, 3.05) is 13.1 Å². The van der Waals surface area contributed by atoms with Crippen molar-refractivity contribution in [1.29, 1.82) is 0 Å². The highest BCUT2D eigenvalue weighted by molar-refractivity contribution is 4.94. The molecule has 0 aromatic rings. The number of nitrogens with zero attached hydrogens (tertiary/aromatic N) is 1. The molecule has 1 heterocycles. The summed E-state index contributed by atoms with van der Waals surface area (Å²) in [6.45, 7) is 14.4. The summed E-state index contributed by atoms with van der Waals surface area (Å²) in [5, 5.41) is 3.70. The van der Waals surface area contributed by atoms with Crippen molar-refractivity contribution < 1.29 is 0 Å². The highest BCUT2D eigenvalue weighted by Crippen LogP contribution is 2.37. The third-order valence-corrected chi connectivity index (χ3v) is 6.15. The van der Waals surface area contributed by atoms with Crippen LogP contribution in [-0.4, -0.2) is 36.1 Å². The summed E-state index contributed by atoms with van der Waals surface area (Å²) < 4.78 is 0. The van der Waals surface area contributed by atoms with E-state index in [4.69, 9.17) is 0 Å². The lowest BCUT2D eigenvalue weighted by molar-refractivity contribution is -0.00386. The van der Waals surface area contributed by atoms with Crippen molar-refractivity contribution in [3.63, 3.8) is 0 Å². The topological polar surface area (TPSA) is 15.3 Å². The van der Waals surface area contributed by atoms with Crippen molar-refractivity contribution in [3.8, 4) is 0 Å². The maximum absolute atomic E-state index is 3.70. The smallest absolute Gasteiger partial charge is 0.0129 e. The first-order valence-electron chi connectivity index (χ1n) is 9.05. The highest BCUT2D eigenvalue weighted by Gasteiger charge is 2.39. The van der Waals surface area contributed by atoms with E-state index in [-0.39, 0.29) is 0 Å². The molecule has 2 aliphatic rings. The summed E-state index contributed by atoms with van der Waals surface area (Å²) in [5.74, 6) is 2.54. The Morgan fingerprint density at radius 3 is 2.45 bits per heavy atom. The fraction of sp³-hybridized carbons (Fsp3) is 1.00. The lowest BCUT2D eigenvalue weighted by atomic mass is 9.74. The Labute approximate surface area is 126 Å². The first kappa shape index (κ1) is 16.3. The van der Waals surface area contributed by atoms with E-state index in [1.807, 2.05) is 0 Å². The van der Waals surface area contributed by atoms with Crippen LogP contribution in [0.5, 0.6) is 0 Å². The Morgan fingerprint density at radius 2 is 1.80 bits per heavy atom. The maximum Gasteiger partial charge on any atom is 0.0129 e. The fourth-order valence-corrected chi connectivity index (χ4v) is 4.74. The largest absolute Gasteiger partial charge is 0.314 e. The Kier molecular flexibility index (Phi) is 5.92. The Hall–Kier alpha value is -0.0800. The van der Waals surface area contributed by atoms with Crippen molar-refractivity contribution in [2.24, 2.45) is 17.8 Å².